The number of benzene rings is 1. The number of hydrogen-bond donors (Lipinski definition) is 1. The van der Waals surface area contributed by atoms with Crippen molar-refractivity contribution in [2.24, 2.45) is 5.73 Å². The maximum atomic E-state index is 11.8. The number of ether oxygens (including phenoxy) is 1. The van der Waals surface area contributed by atoms with Crippen LogP contribution in [0, 0.1) is 6.92 Å². The van der Waals surface area contributed by atoms with E-state index in [0.717, 1.165) is 29.7 Å². The van der Waals surface area contributed by atoms with Gasteiger partial charge in [0.15, 0.2) is 5.78 Å². The predicted octanol–water partition coefficient (Wildman–Crippen LogP) is 2.24. The van der Waals surface area contributed by atoms with E-state index in [2.05, 4.69) is 0 Å². The van der Waals surface area contributed by atoms with E-state index in [1.54, 1.807) is 7.11 Å². The van der Waals surface area contributed by atoms with Gasteiger partial charge in [0.25, 0.3) is 0 Å². The number of Topliss-reactive ketones (excluding diaryl/α,β-unsaturated/α-hetero) is 1. The van der Waals surface area contributed by atoms with Crippen LogP contribution in [0.5, 0.6) is 5.75 Å². The van der Waals surface area contributed by atoms with Gasteiger partial charge in [-0.15, -0.1) is 0 Å². The molecule has 3 nitrogen and oxygen atoms in total. The van der Waals surface area contributed by atoms with Crippen LogP contribution in [0.3, 0.4) is 0 Å². The highest BCUT2D eigenvalue weighted by atomic mass is 16.5. The van der Waals surface area contributed by atoms with Crippen LogP contribution >= 0.6 is 0 Å². The molecule has 0 radical (unpaired) electrons. The molecule has 0 heterocycles. The zero-order valence-electron chi connectivity index (χ0n) is 10.8. The van der Waals surface area contributed by atoms with Crippen molar-refractivity contribution in [3.05, 3.63) is 29.3 Å². The minimum Gasteiger partial charge on any atom is -0.496 e. The molecule has 0 aliphatic heterocycles. The van der Waals surface area contributed by atoms with Crippen molar-refractivity contribution < 1.29 is 9.53 Å². The number of methoxy groups -OCH3 is 1. The Morgan fingerprint density at radius 2 is 2.18 bits per heavy atom. The van der Waals surface area contributed by atoms with Crippen molar-refractivity contribution in [3.8, 4) is 5.75 Å². The molecular formula is C14H21NO2. The third kappa shape index (κ3) is 3.86. The average molecular weight is 235 g/mol. The van der Waals surface area contributed by atoms with Crippen LogP contribution in [-0.2, 0) is 11.2 Å². The topological polar surface area (TPSA) is 52.3 Å². The molecule has 0 saturated heterocycles. The minimum absolute atomic E-state index is 0.108. The summed E-state index contributed by atoms with van der Waals surface area (Å²) < 4.78 is 5.18. The van der Waals surface area contributed by atoms with Crippen molar-refractivity contribution in [2.45, 2.75) is 39.2 Å². The molecule has 0 aromatic heterocycles. The summed E-state index contributed by atoms with van der Waals surface area (Å²) in [6, 6.07) is 5.46. The molecule has 0 saturated carbocycles. The fourth-order valence-electron chi connectivity index (χ4n) is 1.85. The number of carbonyl (C=O) groups is 1. The van der Waals surface area contributed by atoms with Crippen molar-refractivity contribution in [3.63, 3.8) is 0 Å². The fraction of sp³-hybridized carbons (Fsp3) is 0.500. The summed E-state index contributed by atoms with van der Waals surface area (Å²) in [4.78, 5) is 11.8. The summed E-state index contributed by atoms with van der Waals surface area (Å²) in [5.74, 6) is 0.954. The van der Waals surface area contributed by atoms with Gasteiger partial charge >= 0.3 is 0 Å². The van der Waals surface area contributed by atoms with Gasteiger partial charge in [-0.3, -0.25) is 4.79 Å². The lowest BCUT2D eigenvalue weighted by molar-refractivity contribution is -0.119. The third-order valence-corrected chi connectivity index (χ3v) is 2.85. The lowest BCUT2D eigenvalue weighted by Crippen LogP contribution is -2.31. The van der Waals surface area contributed by atoms with Crippen molar-refractivity contribution in [2.75, 3.05) is 7.11 Å². The molecule has 0 spiro atoms. The van der Waals surface area contributed by atoms with Gasteiger partial charge in [0.05, 0.1) is 13.2 Å². The Morgan fingerprint density at radius 1 is 1.47 bits per heavy atom. The third-order valence-electron chi connectivity index (χ3n) is 2.85. The van der Waals surface area contributed by atoms with E-state index in [-0.39, 0.29) is 11.8 Å². The number of aryl methyl sites for hydroxylation is 1. The van der Waals surface area contributed by atoms with E-state index in [1.165, 1.54) is 0 Å². The molecule has 0 fully saturated rings. The number of nitrogens with two attached hydrogens (primary N) is 1. The lowest BCUT2D eigenvalue weighted by Gasteiger charge is -2.10. The summed E-state index contributed by atoms with van der Waals surface area (Å²) in [6.45, 7) is 4.00. The summed E-state index contributed by atoms with van der Waals surface area (Å²) in [6.07, 6.45) is 2.11. The second-order valence-electron chi connectivity index (χ2n) is 4.34. The second-order valence-corrected chi connectivity index (χ2v) is 4.34. The average Bonchev–Trinajstić information content (AvgIpc) is 2.29. The number of hydrogen-bond acceptors (Lipinski definition) is 3. The Morgan fingerprint density at radius 3 is 2.71 bits per heavy atom. The van der Waals surface area contributed by atoms with Crippen molar-refractivity contribution in [1.82, 2.24) is 0 Å². The first-order valence-electron chi connectivity index (χ1n) is 6.00. The van der Waals surface area contributed by atoms with Gasteiger partial charge in [0.2, 0.25) is 0 Å². The monoisotopic (exact) mass is 235 g/mol. The van der Waals surface area contributed by atoms with E-state index in [1.807, 2.05) is 32.0 Å². The smallest absolute Gasteiger partial charge is 0.153 e. The maximum absolute atomic E-state index is 11.8. The van der Waals surface area contributed by atoms with Crippen LogP contribution in [0.25, 0.3) is 0 Å². The van der Waals surface area contributed by atoms with Crippen LogP contribution in [0.15, 0.2) is 18.2 Å². The van der Waals surface area contributed by atoms with Crippen molar-refractivity contribution >= 4 is 5.78 Å². The zero-order chi connectivity index (χ0) is 12.8. The van der Waals surface area contributed by atoms with Crippen LogP contribution in [0.2, 0.25) is 0 Å². The van der Waals surface area contributed by atoms with Gasteiger partial charge in [-0.1, -0.05) is 25.5 Å². The van der Waals surface area contributed by atoms with Crippen LogP contribution in [0.1, 0.15) is 30.9 Å². The van der Waals surface area contributed by atoms with Crippen LogP contribution < -0.4 is 10.5 Å². The number of ketones is 1. The summed E-state index contributed by atoms with van der Waals surface area (Å²) in [5, 5.41) is 0. The molecule has 94 valence electrons. The quantitative estimate of drug-likeness (QED) is 0.822. The summed E-state index contributed by atoms with van der Waals surface area (Å²) in [5.41, 5.74) is 7.84. The molecular weight excluding hydrogens is 214 g/mol. The van der Waals surface area contributed by atoms with Gasteiger partial charge in [0.1, 0.15) is 5.75 Å². The van der Waals surface area contributed by atoms with Crippen molar-refractivity contribution in [1.29, 1.82) is 0 Å². The van der Waals surface area contributed by atoms with E-state index in [0.29, 0.717) is 6.42 Å². The maximum Gasteiger partial charge on any atom is 0.153 e. The number of rotatable bonds is 6. The largest absolute Gasteiger partial charge is 0.496 e. The molecule has 17 heavy (non-hydrogen) atoms. The highest BCUT2D eigenvalue weighted by Gasteiger charge is 2.13. The normalized spacial score (nSPS) is 12.2. The highest BCUT2D eigenvalue weighted by molar-refractivity contribution is 5.85. The zero-order valence-corrected chi connectivity index (χ0v) is 10.8. The van der Waals surface area contributed by atoms with Gasteiger partial charge in [-0.2, -0.15) is 0 Å². The number of carbonyl (C=O) groups excluding carboxylic acids is 1. The van der Waals surface area contributed by atoms with E-state index in [9.17, 15) is 4.79 Å². The SMILES string of the molecule is CCCC(N)C(=O)Cc1ccc(OC)c(C)c1. The minimum atomic E-state index is -0.331. The molecule has 1 aromatic rings. The Bertz CT molecular complexity index is 388. The molecule has 0 aliphatic rings. The molecule has 1 aromatic carbocycles. The van der Waals surface area contributed by atoms with Gasteiger partial charge in [-0.05, 0) is 30.5 Å². The van der Waals surface area contributed by atoms with E-state index < -0.39 is 0 Å². The molecule has 1 unspecified atom stereocenters. The molecule has 0 amide bonds. The molecule has 1 atom stereocenters. The Balaban J connectivity index is 2.69. The molecule has 0 bridgehead atoms. The summed E-state index contributed by atoms with van der Waals surface area (Å²) >= 11 is 0. The van der Waals surface area contributed by atoms with Crippen LogP contribution in [0.4, 0.5) is 0 Å². The first-order valence-corrected chi connectivity index (χ1v) is 6.00. The van der Waals surface area contributed by atoms with Gasteiger partial charge in [-0.25, -0.2) is 0 Å². The lowest BCUT2D eigenvalue weighted by atomic mass is 10.00. The van der Waals surface area contributed by atoms with Gasteiger partial charge in [0, 0.05) is 6.42 Å². The Hall–Kier alpha value is -1.35. The summed E-state index contributed by atoms with van der Waals surface area (Å²) in [7, 11) is 1.64. The first-order chi connectivity index (χ1) is 8.08. The van der Waals surface area contributed by atoms with Crippen LogP contribution in [-0.4, -0.2) is 18.9 Å². The fourth-order valence-corrected chi connectivity index (χ4v) is 1.85. The highest BCUT2D eigenvalue weighted by Crippen LogP contribution is 2.19. The van der Waals surface area contributed by atoms with E-state index in [4.69, 9.17) is 10.5 Å². The Labute approximate surface area is 103 Å². The standard InChI is InChI=1S/C14H21NO2/c1-4-5-12(15)13(16)9-11-6-7-14(17-3)10(2)8-11/h6-8,12H,4-5,9,15H2,1-3H3. The predicted molar refractivity (Wildman–Crippen MR) is 69.3 cm³/mol. The van der Waals surface area contributed by atoms with E-state index >= 15 is 0 Å². The molecule has 1 rings (SSSR count). The first kappa shape index (κ1) is 13.7. The molecule has 3 heteroatoms. The molecule has 2 N–H and O–H groups in total. The Kier molecular flexibility index (Phi) is 5.16. The molecule has 0 aliphatic carbocycles. The van der Waals surface area contributed by atoms with Gasteiger partial charge < -0.3 is 10.5 Å². The second kappa shape index (κ2) is 6.40.